The first-order valence-electron chi connectivity index (χ1n) is 8.69. The maximum Gasteiger partial charge on any atom is 0.361 e. The van der Waals surface area contributed by atoms with E-state index in [0.29, 0.717) is 4.43 Å². The van der Waals surface area contributed by atoms with Crippen LogP contribution in [0.2, 0.25) is 0 Å². The summed E-state index contributed by atoms with van der Waals surface area (Å²) in [6.45, 7) is 7.19. The van der Waals surface area contributed by atoms with E-state index in [1.807, 2.05) is 0 Å². The first-order valence-corrected chi connectivity index (χ1v) is 10.2. The molecule has 0 aliphatic carbocycles. The Labute approximate surface area is 169 Å². The number of fused-ring (bicyclic) bond motifs is 1. The van der Waals surface area contributed by atoms with Crippen LogP contribution in [0.3, 0.4) is 0 Å². The number of alkyl halides is 1. The largest absolute Gasteiger partial charge is 0.461 e. The molecule has 0 N–H and O–H groups in total. The number of ether oxygens (including phenoxy) is 5. The molecule has 0 saturated carbocycles. The summed E-state index contributed by atoms with van der Waals surface area (Å²) in [4.78, 5) is 24.8. The average molecular weight is 495 g/mol. The Morgan fingerprint density at radius 3 is 2.48 bits per heavy atom. The number of nitrogens with zero attached hydrogens (tertiary/aromatic N) is 3. The first-order chi connectivity index (χ1) is 12.8. The summed E-state index contributed by atoms with van der Waals surface area (Å²) in [5.74, 6) is -2.28. The molecule has 3 heterocycles. The number of carbonyl (C=O) groups is 2. The van der Waals surface area contributed by atoms with Crippen LogP contribution < -0.4 is 0 Å². The fourth-order valence-corrected chi connectivity index (χ4v) is 3.94. The third kappa shape index (κ3) is 3.82. The minimum absolute atomic E-state index is 0.0762. The van der Waals surface area contributed by atoms with Crippen LogP contribution in [0.4, 0.5) is 0 Å². The van der Waals surface area contributed by atoms with Gasteiger partial charge in [0.15, 0.2) is 17.8 Å². The van der Waals surface area contributed by atoms with E-state index in [1.54, 1.807) is 27.7 Å². The number of esters is 2. The van der Waals surface area contributed by atoms with Gasteiger partial charge >= 0.3 is 11.9 Å². The number of aromatic nitrogens is 3. The van der Waals surface area contributed by atoms with E-state index in [1.165, 1.54) is 4.68 Å². The van der Waals surface area contributed by atoms with Crippen molar-refractivity contribution in [3.8, 4) is 0 Å². The Morgan fingerprint density at radius 1 is 1.19 bits per heavy atom. The number of hydrogen-bond acceptors (Lipinski definition) is 9. The van der Waals surface area contributed by atoms with Crippen LogP contribution in [-0.4, -0.2) is 68.9 Å². The van der Waals surface area contributed by atoms with Gasteiger partial charge in [-0.2, -0.15) is 0 Å². The van der Waals surface area contributed by atoms with E-state index in [2.05, 4.69) is 32.9 Å². The van der Waals surface area contributed by atoms with Crippen LogP contribution in [0, 0.1) is 0 Å². The molecule has 3 rings (SSSR count). The molecule has 0 radical (unpaired) electrons. The first kappa shape index (κ1) is 20.4. The van der Waals surface area contributed by atoms with Crippen molar-refractivity contribution in [1.29, 1.82) is 0 Å². The van der Waals surface area contributed by atoms with Gasteiger partial charge in [-0.15, -0.1) is 5.10 Å². The molecule has 0 bridgehead atoms. The van der Waals surface area contributed by atoms with Gasteiger partial charge in [0.05, 0.1) is 19.3 Å². The molecule has 2 fully saturated rings. The minimum atomic E-state index is -0.835. The van der Waals surface area contributed by atoms with Crippen LogP contribution in [0.15, 0.2) is 0 Å². The van der Waals surface area contributed by atoms with Gasteiger partial charge in [-0.25, -0.2) is 14.3 Å². The molecule has 2 aliphatic heterocycles. The van der Waals surface area contributed by atoms with Gasteiger partial charge in [0.2, 0.25) is 5.69 Å². The predicted molar refractivity (Wildman–Crippen MR) is 98.6 cm³/mol. The molecule has 0 aromatic carbocycles. The minimum Gasteiger partial charge on any atom is -0.461 e. The van der Waals surface area contributed by atoms with E-state index in [0.717, 1.165) is 0 Å². The van der Waals surface area contributed by atoms with Gasteiger partial charge in [-0.1, -0.05) is 27.8 Å². The van der Waals surface area contributed by atoms with Crippen molar-refractivity contribution in [2.75, 3.05) is 17.6 Å². The van der Waals surface area contributed by atoms with Crippen molar-refractivity contribution in [3.05, 3.63) is 11.4 Å². The summed E-state index contributed by atoms with van der Waals surface area (Å²) in [5.41, 5.74) is -0.267. The zero-order valence-corrected chi connectivity index (χ0v) is 17.7. The molecule has 4 atom stereocenters. The standard InChI is InChI=1S/C16H22IN3O7/c1-5-23-13(21)9-11(14(22)24-6-2)20(19-18-9)10-8(7-17)25-15-12(10)26-16(3,4)27-15/h8,10,12,15H,5-7H2,1-4H3/t8-,10+,12-,15-/m1/s1. The monoisotopic (exact) mass is 495 g/mol. The summed E-state index contributed by atoms with van der Waals surface area (Å²) in [7, 11) is 0. The molecule has 11 heteroatoms. The maximum atomic E-state index is 12.6. The highest BCUT2D eigenvalue weighted by molar-refractivity contribution is 14.1. The smallest absolute Gasteiger partial charge is 0.361 e. The van der Waals surface area contributed by atoms with Crippen molar-refractivity contribution < 1.29 is 33.3 Å². The van der Waals surface area contributed by atoms with Gasteiger partial charge in [0, 0.05) is 4.43 Å². The molecule has 0 unspecified atom stereocenters. The van der Waals surface area contributed by atoms with E-state index >= 15 is 0 Å². The van der Waals surface area contributed by atoms with Crippen LogP contribution in [0.1, 0.15) is 54.7 Å². The van der Waals surface area contributed by atoms with Gasteiger partial charge in [0.1, 0.15) is 12.1 Å². The Balaban J connectivity index is 2.04. The zero-order valence-electron chi connectivity index (χ0n) is 15.5. The predicted octanol–water partition coefficient (Wildman–Crippen LogP) is 1.48. The molecule has 2 aliphatic rings. The summed E-state index contributed by atoms with van der Waals surface area (Å²) in [5, 5.41) is 7.94. The van der Waals surface area contributed by atoms with E-state index in [4.69, 9.17) is 23.7 Å². The normalized spacial score (nSPS) is 28.8. The second-order valence-electron chi connectivity index (χ2n) is 6.46. The van der Waals surface area contributed by atoms with Crippen molar-refractivity contribution in [3.63, 3.8) is 0 Å². The molecule has 0 spiro atoms. The van der Waals surface area contributed by atoms with Crippen LogP contribution in [0.5, 0.6) is 0 Å². The Kier molecular flexibility index (Phi) is 6.03. The lowest BCUT2D eigenvalue weighted by atomic mass is 10.1. The van der Waals surface area contributed by atoms with Crippen LogP contribution in [0.25, 0.3) is 0 Å². The second-order valence-corrected chi connectivity index (χ2v) is 7.34. The topological polar surface area (TPSA) is 111 Å². The van der Waals surface area contributed by atoms with E-state index < -0.39 is 36.2 Å². The van der Waals surface area contributed by atoms with Gasteiger partial charge in [0.25, 0.3) is 0 Å². The molecule has 2 saturated heterocycles. The third-order valence-electron chi connectivity index (χ3n) is 4.18. The summed E-state index contributed by atoms with van der Waals surface area (Å²) in [6.07, 6.45) is -1.46. The Hall–Kier alpha value is -1.31. The molecule has 1 aromatic rings. The summed E-state index contributed by atoms with van der Waals surface area (Å²) >= 11 is 2.17. The molecule has 10 nitrogen and oxygen atoms in total. The lowest BCUT2D eigenvalue weighted by molar-refractivity contribution is -0.206. The maximum absolute atomic E-state index is 12.6. The van der Waals surface area contributed by atoms with Crippen LogP contribution in [-0.2, 0) is 23.7 Å². The van der Waals surface area contributed by atoms with Crippen molar-refractivity contribution >= 4 is 34.5 Å². The number of hydrogen-bond donors (Lipinski definition) is 0. The third-order valence-corrected chi connectivity index (χ3v) is 5.05. The Bertz CT molecular complexity index is 723. The number of carbonyl (C=O) groups excluding carboxylic acids is 2. The molecular weight excluding hydrogens is 473 g/mol. The average Bonchev–Trinajstić information content (AvgIpc) is 3.24. The van der Waals surface area contributed by atoms with E-state index in [9.17, 15) is 9.59 Å². The van der Waals surface area contributed by atoms with Crippen LogP contribution >= 0.6 is 22.6 Å². The molecule has 150 valence electrons. The lowest BCUT2D eigenvalue weighted by Gasteiger charge is -2.25. The molecule has 1 aromatic heterocycles. The highest BCUT2D eigenvalue weighted by Gasteiger charge is 2.56. The highest BCUT2D eigenvalue weighted by Crippen LogP contribution is 2.43. The SMILES string of the molecule is CCOC(=O)c1nnn([C@@H]2[C@H]3OC(C)(C)O[C@H]3O[C@@H]2CI)c1C(=O)OCC. The number of halogens is 1. The lowest BCUT2D eigenvalue weighted by Crippen LogP contribution is -2.35. The molecule has 27 heavy (non-hydrogen) atoms. The van der Waals surface area contributed by atoms with Gasteiger partial charge in [-0.05, 0) is 27.7 Å². The summed E-state index contributed by atoms with van der Waals surface area (Å²) in [6, 6.07) is -0.510. The number of rotatable bonds is 6. The van der Waals surface area contributed by atoms with Gasteiger partial charge < -0.3 is 23.7 Å². The molecular formula is C16H22IN3O7. The Morgan fingerprint density at radius 2 is 1.85 bits per heavy atom. The van der Waals surface area contributed by atoms with Crippen molar-refractivity contribution in [2.24, 2.45) is 0 Å². The molecule has 0 amide bonds. The fraction of sp³-hybridized carbons (Fsp3) is 0.750. The highest BCUT2D eigenvalue weighted by atomic mass is 127. The van der Waals surface area contributed by atoms with Gasteiger partial charge in [-0.3, -0.25) is 0 Å². The summed E-state index contributed by atoms with van der Waals surface area (Å²) < 4.78 is 29.7. The zero-order chi connectivity index (χ0) is 19.8. The second kappa shape index (κ2) is 7.97. The van der Waals surface area contributed by atoms with Crippen molar-refractivity contribution in [2.45, 2.75) is 58.0 Å². The fourth-order valence-electron chi connectivity index (χ4n) is 3.21. The quantitative estimate of drug-likeness (QED) is 0.329. The van der Waals surface area contributed by atoms with Crippen molar-refractivity contribution in [1.82, 2.24) is 15.0 Å². The van der Waals surface area contributed by atoms with E-state index in [-0.39, 0.29) is 30.7 Å².